The maximum atomic E-state index is 5.16. The number of hydrogen-bond donors (Lipinski definition) is 1. The number of rotatable bonds is 9. The smallest absolute Gasteiger partial charge is 0.118 e. The van der Waals surface area contributed by atoms with Gasteiger partial charge in [-0.1, -0.05) is 44.0 Å². The topological polar surface area (TPSA) is 21.3 Å². The molecule has 106 valence electrons. The highest BCUT2D eigenvalue weighted by Crippen LogP contribution is 2.18. The lowest BCUT2D eigenvalue weighted by Crippen LogP contribution is -2.28. The summed E-state index contributed by atoms with van der Waals surface area (Å²) in [7, 11) is 1.69. The molecule has 0 aliphatic rings. The number of ether oxygens (including phenoxy) is 1. The van der Waals surface area contributed by atoms with Crippen LogP contribution >= 0.6 is 11.9 Å². The van der Waals surface area contributed by atoms with Gasteiger partial charge in [-0.15, -0.1) is 6.58 Å². The molecule has 1 rings (SSSR count). The van der Waals surface area contributed by atoms with Crippen LogP contribution in [0.4, 0.5) is 0 Å². The van der Waals surface area contributed by atoms with Crippen LogP contribution in [0, 0.1) is 5.92 Å². The molecule has 19 heavy (non-hydrogen) atoms. The molecule has 0 amide bonds. The Balaban J connectivity index is 2.35. The van der Waals surface area contributed by atoms with Gasteiger partial charge in [0.15, 0.2) is 0 Å². The van der Waals surface area contributed by atoms with Crippen LogP contribution < -0.4 is 9.46 Å². The summed E-state index contributed by atoms with van der Waals surface area (Å²) in [6.07, 6.45) is 4.21. The fraction of sp³-hybridized carbons (Fsp3) is 0.500. The predicted octanol–water partition coefficient (Wildman–Crippen LogP) is 4.42. The first-order valence-electron chi connectivity index (χ1n) is 6.78. The van der Waals surface area contributed by atoms with Gasteiger partial charge >= 0.3 is 0 Å². The predicted molar refractivity (Wildman–Crippen MR) is 85.5 cm³/mol. The number of methoxy groups -OCH3 is 1. The third-order valence-corrected chi connectivity index (χ3v) is 4.07. The number of nitrogens with one attached hydrogen (secondary N) is 1. The lowest BCUT2D eigenvalue weighted by molar-refractivity contribution is 0.414. The Bertz CT molecular complexity index is 362. The molecular formula is C16H25NOS. The van der Waals surface area contributed by atoms with Gasteiger partial charge in [-0.2, -0.15) is 0 Å². The van der Waals surface area contributed by atoms with Gasteiger partial charge in [0.2, 0.25) is 0 Å². The van der Waals surface area contributed by atoms with Crippen molar-refractivity contribution < 1.29 is 4.74 Å². The maximum absolute atomic E-state index is 5.16. The van der Waals surface area contributed by atoms with E-state index < -0.39 is 0 Å². The largest absolute Gasteiger partial charge is 0.497 e. The van der Waals surface area contributed by atoms with E-state index in [1.165, 1.54) is 5.56 Å². The molecule has 0 aromatic heterocycles. The van der Waals surface area contributed by atoms with Crippen LogP contribution in [0.5, 0.6) is 5.75 Å². The minimum Gasteiger partial charge on any atom is -0.497 e. The van der Waals surface area contributed by atoms with Crippen molar-refractivity contribution >= 4 is 11.9 Å². The summed E-state index contributed by atoms with van der Waals surface area (Å²) in [6, 6.07) is 8.78. The molecule has 0 aliphatic heterocycles. The van der Waals surface area contributed by atoms with Crippen molar-refractivity contribution in [2.24, 2.45) is 5.92 Å². The Morgan fingerprint density at radius 1 is 1.32 bits per heavy atom. The molecule has 0 bridgehead atoms. The summed E-state index contributed by atoms with van der Waals surface area (Å²) >= 11 is 1.78. The zero-order valence-electron chi connectivity index (χ0n) is 12.2. The minimum atomic E-state index is 0.543. The molecule has 2 nitrogen and oxygen atoms in total. The van der Waals surface area contributed by atoms with E-state index in [0.29, 0.717) is 12.0 Å². The van der Waals surface area contributed by atoms with Gasteiger partial charge in [0.05, 0.1) is 7.11 Å². The highest BCUT2D eigenvalue weighted by Gasteiger charge is 2.11. The molecule has 0 heterocycles. The van der Waals surface area contributed by atoms with Gasteiger partial charge in [0, 0.05) is 11.8 Å². The Hall–Kier alpha value is -0.930. The average molecular weight is 279 g/mol. The normalized spacial score (nSPS) is 12.4. The molecule has 1 atom stereocenters. The Kier molecular flexibility index (Phi) is 7.68. The van der Waals surface area contributed by atoms with Crippen LogP contribution in [0.25, 0.3) is 0 Å². The third-order valence-electron chi connectivity index (χ3n) is 3.12. The van der Waals surface area contributed by atoms with E-state index in [2.05, 4.69) is 37.3 Å². The molecular weight excluding hydrogens is 254 g/mol. The van der Waals surface area contributed by atoms with Gasteiger partial charge in [0.25, 0.3) is 0 Å². The van der Waals surface area contributed by atoms with Crippen molar-refractivity contribution in [3.8, 4) is 5.75 Å². The highest BCUT2D eigenvalue weighted by molar-refractivity contribution is 7.96. The summed E-state index contributed by atoms with van der Waals surface area (Å²) in [4.78, 5) is 0. The van der Waals surface area contributed by atoms with Crippen LogP contribution in [0.2, 0.25) is 0 Å². The highest BCUT2D eigenvalue weighted by atomic mass is 32.2. The van der Waals surface area contributed by atoms with Crippen molar-refractivity contribution in [1.29, 1.82) is 0 Å². The molecule has 0 saturated carbocycles. The second-order valence-corrected chi connectivity index (χ2v) is 5.78. The Labute approximate surface area is 121 Å². The third kappa shape index (κ3) is 6.17. The van der Waals surface area contributed by atoms with E-state index in [1.54, 1.807) is 19.1 Å². The van der Waals surface area contributed by atoms with Crippen molar-refractivity contribution in [3.05, 3.63) is 42.5 Å². The summed E-state index contributed by atoms with van der Waals surface area (Å²) in [5, 5.41) is 0. The number of allylic oxidation sites excluding steroid dienone is 1. The van der Waals surface area contributed by atoms with E-state index in [9.17, 15) is 0 Å². The first-order chi connectivity index (χ1) is 9.17. The fourth-order valence-corrected chi connectivity index (χ4v) is 2.83. The number of benzene rings is 1. The summed E-state index contributed by atoms with van der Waals surface area (Å²) in [5.74, 6) is 2.53. The van der Waals surface area contributed by atoms with E-state index in [0.717, 1.165) is 24.3 Å². The Morgan fingerprint density at radius 2 is 2.00 bits per heavy atom. The van der Waals surface area contributed by atoms with Gasteiger partial charge < -0.3 is 4.74 Å². The van der Waals surface area contributed by atoms with Crippen LogP contribution in [0.1, 0.15) is 32.3 Å². The molecule has 0 radical (unpaired) electrons. The van der Waals surface area contributed by atoms with E-state index in [4.69, 9.17) is 4.74 Å². The second kappa shape index (κ2) is 9.05. The maximum Gasteiger partial charge on any atom is 0.118 e. The standard InChI is InChI=1S/C16H25NOS/c1-5-6-7-16(13(2)3)17-19-12-14-8-10-15(18-4)11-9-14/h5,8-11,13,16-17H,1,6-7,12H2,2-4H3/t16-/m1/s1. The quantitative estimate of drug-likeness (QED) is 0.534. The zero-order chi connectivity index (χ0) is 14.1. The van der Waals surface area contributed by atoms with Crippen LogP contribution in [-0.4, -0.2) is 13.2 Å². The summed E-state index contributed by atoms with van der Waals surface area (Å²) < 4.78 is 8.72. The molecule has 1 aromatic rings. The van der Waals surface area contributed by atoms with Crippen LogP contribution in [0.3, 0.4) is 0 Å². The van der Waals surface area contributed by atoms with Crippen molar-refractivity contribution in [2.45, 2.75) is 38.5 Å². The SMILES string of the molecule is C=CCC[C@@H](NSCc1ccc(OC)cc1)C(C)C. The average Bonchev–Trinajstić information content (AvgIpc) is 2.43. The molecule has 0 fully saturated rings. The van der Waals surface area contributed by atoms with Gasteiger partial charge in [-0.05, 0) is 36.5 Å². The van der Waals surface area contributed by atoms with Gasteiger partial charge in [-0.3, -0.25) is 4.72 Å². The van der Waals surface area contributed by atoms with Gasteiger partial charge in [-0.25, -0.2) is 0 Å². The number of hydrogen-bond acceptors (Lipinski definition) is 3. The van der Waals surface area contributed by atoms with E-state index in [1.807, 2.05) is 18.2 Å². The van der Waals surface area contributed by atoms with Crippen molar-refractivity contribution in [3.63, 3.8) is 0 Å². The van der Waals surface area contributed by atoms with Crippen molar-refractivity contribution in [1.82, 2.24) is 4.72 Å². The van der Waals surface area contributed by atoms with Crippen LogP contribution in [-0.2, 0) is 5.75 Å². The molecule has 1 aromatic carbocycles. The summed E-state index contributed by atoms with van der Waals surface area (Å²) in [5.41, 5.74) is 1.31. The van der Waals surface area contributed by atoms with E-state index >= 15 is 0 Å². The molecule has 0 saturated heterocycles. The Morgan fingerprint density at radius 3 is 2.53 bits per heavy atom. The first kappa shape index (κ1) is 16.1. The summed E-state index contributed by atoms with van der Waals surface area (Å²) in [6.45, 7) is 8.31. The minimum absolute atomic E-state index is 0.543. The van der Waals surface area contributed by atoms with Crippen molar-refractivity contribution in [2.75, 3.05) is 7.11 Å². The van der Waals surface area contributed by atoms with Gasteiger partial charge in [0.1, 0.15) is 5.75 Å². The molecule has 3 heteroatoms. The zero-order valence-corrected chi connectivity index (χ0v) is 13.0. The second-order valence-electron chi connectivity index (χ2n) is 4.97. The first-order valence-corrected chi connectivity index (χ1v) is 7.77. The molecule has 0 spiro atoms. The molecule has 0 unspecified atom stereocenters. The lowest BCUT2D eigenvalue weighted by atomic mass is 10.0. The molecule has 1 N–H and O–H groups in total. The molecule has 0 aliphatic carbocycles. The monoisotopic (exact) mass is 279 g/mol. The van der Waals surface area contributed by atoms with E-state index in [-0.39, 0.29) is 0 Å². The van der Waals surface area contributed by atoms with Crippen LogP contribution in [0.15, 0.2) is 36.9 Å². The fourth-order valence-electron chi connectivity index (χ4n) is 1.78. The lowest BCUT2D eigenvalue weighted by Gasteiger charge is -2.21.